The number of carboxylic acids is 1. The van der Waals surface area contributed by atoms with Gasteiger partial charge in [0.25, 0.3) is 5.91 Å². The third kappa shape index (κ3) is 4.03. The number of hydrazine groups is 1. The molecule has 0 unspecified atom stereocenters. The molecule has 1 aromatic heterocycles. The molecule has 0 atom stereocenters. The molecular formula is C23H27N3O5. The van der Waals surface area contributed by atoms with E-state index in [1.165, 1.54) is 25.7 Å². The van der Waals surface area contributed by atoms with Crippen LogP contribution in [0.2, 0.25) is 0 Å². The Morgan fingerprint density at radius 3 is 2.71 bits per heavy atom. The van der Waals surface area contributed by atoms with Crippen molar-refractivity contribution in [2.75, 3.05) is 13.7 Å². The van der Waals surface area contributed by atoms with E-state index in [4.69, 9.17) is 20.4 Å². The van der Waals surface area contributed by atoms with E-state index in [1.807, 2.05) is 18.2 Å². The highest BCUT2D eigenvalue weighted by Gasteiger charge is 2.24. The van der Waals surface area contributed by atoms with Crippen molar-refractivity contribution < 1.29 is 24.2 Å². The quantitative estimate of drug-likeness (QED) is 0.289. The Bertz CT molecular complexity index is 1130. The highest BCUT2D eigenvalue weighted by atomic mass is 16.5. The van der Waals surface area contributed by atoms with Gasteiger partial charge >= 0.3 is 5.97 Å². The second-order valence-electron chi connectivity index (χ2n) is 7.95. The fourth-order valence-corrected chi connectivity index (χ4v) is 4.62. The maximum atomic E-state index is 12.5. The number of nitrogens with zero attached hydrogens (tertiary/aromatic N) is 1. The summed E-state index contributed by atoms with van der Waals surface area (Å²) in [5, 5.41) is 10.5. The van der Waals surface area contributed by atoms with Crippen molar-refractivity contribution in [3.63, 3.8) is 0 Å². The van der Waals surface area contributed by atoms with Crippen molar-refractivity contribution in [1.82, 2.24) is 9.99 Å². The van der Waals surface area contributed by atoms with Crippen LogP contribution in [0.3, 0.4) is 0 Å². The minimum atomic E-state index is -0.928. The molecular weight excluding hydrogens is 398 g/mol. The number of carbonyl (C=O) groups excluding carboxylic acids is 1. The zero-order valence-electron chi connectivity index (χ0n) is 17.5. The van der Waals surface area contributed by atoms with E-state index < -0.39 is 5.97 Å². The highest BCUT2D eigenvalue weighted by molar-refractivity contribution is 6.19. The van der Waals surface area contributed by atoms with Crippen molar-refractivity contribution >= 4 is 33.7 Å². The molecule has 1 fully saturated rings. The third-order valence-corrected chi connectivity index (χ3v) is 6.02. The lowest BCUT2D eigenvalue weighted by Crippen LogP contribution is -2.30. The first kappa shape index (κ1) is 21.0. The Hall–Kier alpha value is -3.26. The van der Waals surface area contributed by atoms with Crippen LogP contribution in [0.5, 0.6) is 11.5 Å². The Kier molecular flexibility index (Phi) is 5.99. The molecule has 8 nitrogen and oxygen atoms in total. The van der Waals surface area contributed by atoms with Crippen LogP contribution in [-0.2, 0) is 11.3 Å². The SMILES string of the molecule is COc1cc(OCCC(=O)O)cc2c3c(C(=O)NN)cccc3n(CC3CCCC3)c12. The molecule has 164 valence electrons. The minimum absolute atomic E-state index is 0.0425. The zero-order chi connectivity index (χ0) is 22.0. The molecule has 0 saturated heterocycles. The summed E-state index contributed by atoms with van der Waals surface area (Å²) in [6.45, 7) is 0.879. The van der Waals surface area contributed by atoms with Crippen LogP contribution in [0.1, 0.15) is 42.5 Å². The molecule has 1 aliphatic carbocycles. The van der Waals surface area contributed by atoms with Crippen molar-refractivity contribution in [3.05, 3.63) is 35.9 Å². The Morgan fingerprint density at radius 2 is 2.03 bits per heavy atom. The van der Waals surface area contributed by atoms with Gasteiger partial charge in [-0.15, -0.1) is 0 Å². The third-order valence-electron chi connectivity index (χ3n) is 6.02. The van der Waals surface area contributed by atoms with Crippen molar-refractivity contribution in [1.29, 1.82) is 0 Å². The molecule has 0 bridgehead atoms. The van der Waals surface area contributed by atoms with Crippen LogP contribution in [0.15, 0.2) is 30.3 Å². The lowest BCUT2D eigenvalue weighted by atomic mass is 10.1. The first-order valence-electron chi connectivity index (χ1n) is 10.5. The number of hydrogen-bond donors (Lipinski definition) is 3. The maximum Gasteiger partial charge on any atom is 0.306 e. The van der Waals surface area contributed by atoms with Gasteiger partial charge in [-0.1, -0.05) is 18.9 Å². The van der Waals surface area contributed by atoms with E-state index in [0.29, 0.717) is 23.0 Å². The van der Waals surface area contributed by atoms with Crippen LogP contribution >= 0.6 is 0 Å². The number of rotatable bonds is 8. The molecule has 2 aromatic carbocycles. The molecule has 8 heteroatoms. The Morgan fingerprint density at radius 1 is 1.26 bits per heavy atom. The number of aliphatic carboxylic acids is 1. The Labute approximate surface area is 179 Å². The number of fused-ring (bicyclic) bond motifs is 3. The second-order valence-corrected chi connectivity index (χ2v) is 7.95. The smallest absolute Gasteiger partial charge is 0.306 e. The fourth-order valence-electron chi connectivity index (χ4n) is 4.62. The first-order chi connectivity index (χ1) is 15.0. The summed E-state index contributed by atoms with van der Waals surface area (Å²) in [5.74, 6) is 5.83. The lowest BCUT2D eigenvalue weighted by Gasteiger charge is -2.15. The van der Waals surface area contributed by atoms with Gasteiger partial charge in [-0.05, 0) is 37.0 Å². The Balaban J connectivity index is 1.93. The van der Waals surface area contributed by atoms with Crippen LogP contribution in [0.25, 0.3) is 21.8 Å². The number of benzene rings is 2. The summed E-state index contributed by atoms with van der Waals surface area (Å²) in [4.78, 5) is 23.4. The molecule has 31 heavy (non-hydrogen) atoms. The van der Waals surface area contributed by atoms with Crippen LogP contribution in [-0.4, -0.2) is 35.3 Å². The topological polar surface area (TPSA) is 116 Å². The molecule has 0 radical (unpaired) electrons. The molecule has 3 aromatic rings. The number of ether oxygens (including phenoxy) is 2. The van der Waals surface area contributed by atoms with Crippen LogP contribution in [0, 0.1) is 5.92 Å². The summed E-state index contributed by atoms with van der Waals surface area (Å²) in [6.07, 6.45) is 4.74. The fraction of sp³-hybridized carbons (Fsp3) is 0.391. The average Bonchev–Trinajstić information content (AvgIpc) is 3.39. The number of nitrogens with two attached hydrogens (primary N) is 1. The van der Waals surface area contributed by atoms with Crippen molar-refractivity contribution in [2.24, 2.45) is 11.8 Å². The van der Waals surface area contributed by atoms with Gasteiger partial charge in [-0.3, -0.25) is 15.0 Å². The van der Waals surface area contributed by atoms with Gasteiger partial charge in [0.05, 0.1) is 36.7 Å². The van der Waals surface area contributed by atoms with E-state index in [2.05, 4.69) is 9.99 Å². The number of carboxylic acid groups (broad SMARTS) is 1. The summed E-state index contributed by atoms with van der Waals surface area (Å²) < 4.78 is 13.6. The van der Waals surface area contributed by atoms with Gasteiger partial charge in [-0.2, -0.15) is 0 Å². The molecule has 1 heterocycles. The number of carbonyl (C=O) groups is 2. The predicted octanol–water partition coefficient (Wildman–Crippen LogP) is 3.45. The van der Waals surface area contributed by atoms with Gasteiger partial charge in [0.15, 0.2) is 0 Å². The minimum Gasteiger partial charge on any atom is -0.494 e. The average molecular weight is 425 g/mol. The van der Waals surface area contributed by atoms with Gasteiger partial charge < -0.3 is 19.1 Å². The van der Waals surface area contributed by atoms with E-state index in [9.17, 15) is 9.59 Å². The maximum absolute atomic E-state index is 12.5. The number of nitrogens with one attached hydrogen (secondary N) is 1. The largest absolute Gasteiger partial charge is 0.494 e. The molecule has 0 aliphatic heterocycles. The molecule has 1 aliphatic rings. The first-order valence-corrected chi connectivity index (χ1v) is 10.5. The van der Waals surface area contributed by atoms with E-state index in [1.54, 1.807) is 19.2 Å². The molecule has 1 saturated carbocycles. The van der Waals surface area contributed by atoms with Crippen LogP contribution < -0.4 is 20.7 Å². The monoisotopic (exact) mass is 425 g/mol. The highest BCUT2D eigenvalue weighted by Crippen LogP contribution is 2.41. The number of aromatic nitrogens is 1. The molecule has 1 amide bonds. The predicted molar refractivity (Wildman–Crippen MR) is 117 cm³/mol. The van der Waals surface area contributed by atoms with E-state index >= 15 is 0 Å². The standard InChI is InChI=1S/C23H27N3O5/c1-30-19-12-15(31-10-9-20(27)28)11-17-21-16(23(29)25-24)7-4-8-18(21)26(22(17)19)13-14-5-2-3-6-14/h4,7-8,11-12,14H,2-3,5-6,9-10,13,24H2,1H3,(H,25,29)(H,27,28). The summed E-state index contributed by atoms with van der Waals surface area (Å²) in [6, 6.07) is 9.22. The van der Waals surface area contributed by atoms with E-state index in [-0.39, 0.29) is 18.9 Å². The number of hydrogen-bond acceptors (Lipinski definition) is 5. The summed E-state index contributed by atoms with van der Waals surface area (Å²) in [5.41, 5.74) is 4.54. The summed E-state index contributed by atoms with van der Waals surface area (Å²) >= 11 is 0. The van der Waals surface area contributed by atoms with Crippen molar-refractivity contribution in [3.8, 4) is 11.5 Å². The number of amides is 1. The van der Waals surface area contributed by atoms with Crippen LogP contribution in [0.4, 0.5) is 0 Å². The van der Waals surface area contributed by atoms with Gasteiger partial charge in [0, 0.05) is 23.4 Å². The zero-order valence-corrected chi connectivity index (χ0v) is 17.5. The number of methoxy groups -OCH3 is 1. The van der Waals surface area contributed by atoms with E-state index in [0.717, 1.165) is 28.4 Å². The summed E-state index contributed by atoms with van der Waals surface area (Å²) in [7, 11) is 1.60. The molecule has 4 rings (SSSR count). The number of nitrogen functional groups attached to an aromatic ring is 1. The normalized spacial score (nSPS) is 14.3. The van der Waals surface area contributed by atoms with Gasteiger partial charge in [0.1, 0.15) is 11.5 Å². The molecule has 4 N–H and O–H groups in total. The van der Waals surface area contributed by atoms with Gasteiger partial charge in [0.2, 0.25) is 0 Å². The van der Waals surface area contributed by atoms with Gasteiger partial charge in [-0.25, -0.2) is 5.84 Å². The molecule has 0 spiro atoms. The van der Waals surface area contributed by atoms with Crippen molar-refractivity contribution in [2.45, 2.75) is 38.6 Å². The second kappa shape index (κ2) is 8.85. The lowest BCUT2D eigenvalue weighted by molar-refractivity contribution is -0.137.